The van der Waals surface area contributed by atoms with Crippen molar-refractivity contribution in [1.82, 2.24) is 0 Å². The minimum Gasteiger partial charge on any atom is -0.393 e. The van der Waals surface area contributed by atoms with Crippen LogP contribution in [0.3, 0.4) is 0 Å². The van der Waals surface area contributed by atoms with E-state index in [0.717, 1.165) is 114 Å². The smallest absolute Gasteiger partial charge is 0.209 e. The first-order valence-electron chi connectivity index (χ1n) is 27.5. The van der Waals surface area contributed by atoms with Crippen LogP contribution < -0.4 is 0 Å². The molecule has 0 heterocycles. The third-order valence-corrected chi connectivity index (χ3v) is 21.4. The number of fused-ring (bicyclic) bond motifs is 10. The topological polar surface area (TPSA) is 99.4 Å². The van der Waals surface area contributed by atoms with Crippen molar-refractivity contribution in [3.63, 3.8) is 0 Å². The van der Waals surface area contributed by atoms with Gasteiger partial charge >= 0.3 is 0 Å². The van der Waals surface area contributed by atoms with Crippen LogP contribution in [-0.4, -0.2) is 72.9 Å². The van der Waals surface area contributed by atoms with E-state index in [1.54, 1.807) is 16.7 Å². The minimum atomic E-state index is -0.531. The molecule has 2 radical (unpaired) electrons. The number of rotatable bonds is 18. The Kier molecular flexibility index (Phi) is 15.6. The second-order valence-electron chi connectivity index (χ2n) is 23.5. The van der Waals surface area contributed by atoms with Gasteiger partial charge in [0.25, 0.3) is 0 Å². The summed E-state index contributed by atoms with van der Waals surface area (Å²) < 4.78 is 27.0. The molecular formula is C56H88B2O6S2. The Morgan fingerprint density at radius 2 is 1.15 bits per heavy atom. The van der Waals surface area contributed by atoms with Gasteiger partial charge in [0.05, 0.1) is 35.6 Å². The highest BCUT2D eigenvalue weighted by Gasteiger charge is 2.59. The van der Waals surface area contributed by atoms with Gasteiger partial charge in [-0.1, -0.05) is 163 Å². The van der Waals surface area contributed by atoms with Crippen LogP contribution in [0.25, 0.3) is 0 Å². The highest BCUT2D eigenvalue weighted by atomic mass is 32.2. The summed E-state index contributed by atoms with van der Waals surface area (Å²) in [6, 6.07) is 0. The van der Waals surface area contributed by atoms with Gasteiger partial charge in [-0.05, 0) is 152 Å². The molecule has 66 heavy (non-hydrogen) atoms. The summed E-state index contributed by atoms with van der Waals surface area (Å²) >= 11 is 2.22. The minimum absolute atomic E-state index is 0.0107. The average molecular weight is 947 g/mol. The zero-order chi connectivity index (χ0) is 49.5. The third-order valence-electron chi connectivity index (χ3n) is 20.7. The number of allylic oxidation sites excluding steroid dienone is 10. The maximum absolute atomic E-state index is 11.0. The molecule has 0 spiro atoms. The van der Waals surface area contributed by atoms with Gasteiger partial charge in [-0.25, -0.2) is 0 Å². The van der Waals surface area contributed by atoms with E-state index in [0.29, 0.717) is 48.3 Å². The lowest BCUT2D eigenvalue weighted by Gasteiger charge is -2.57. The Morgan fingerprint density at radius 1 is 0.682 bits per heavy atom. The third kappa shape index (κ3) is 9.35. The van der Waals surface area contributed by atoms with Crippen molar-refractivity contribution in [1.29, 1.82) is 2.67 Å². The van der Waals surface area contributed by atoms with Gasteiger partial charge in [-0.3, -0.25) is 0 Å². The van der Waals surface area contributed by atoms with Crippen LogP contribution in [0.1, 0.15) is 185 Å². The molecule has 0 aromatic heterocycles. The summed E-state index contributed by atoms with van der Waals surface area (Å²) in [6.07, 6.45) is 30.3. The van der Waals surface area contributed by atoms with Gasteiger partial charge in [-0.2, -0.15) is 0 Å². The zero-order valence-electron chi connectivity index (χ0n) is 44.5. The van der Waals surface area contributed by atoms with Crippen molar-refractivity contribution < 1.29 is 28.8 Å². The number of hydrogen-bond donors (Lipinski definition) is 4. The molecule has 0 amide bonds. The SMILES string of the molecule is CCC(O)(CC)CC[C@H](C)C1=CCC2C3=CC=C4C[C@@H](O)C[C@H](O)[C@]4(C)C3CC[C@]12C.[3H][B]SO[C@@H]1CC2=CC=C3C(CC[C@]4(C)C([C@@H](C)CCC(O)(CC)CC)=CCC34)[C@@]2(C)[C@@H](OS[B][3H])C1. The summed E-state index contributed by atoms with van der Waals surface area (Å²) in [6.45, 7) is 22.7. The summed E-state index contributed by atoms with van der Waals surface area (Å²) in [5.41, 5.74) is 7.96. The molecule has 6 nitrogen and oxygen atoms in total. The quantitative estimate of drug-likeness (QED) is 0.0613. The highest BCUT2D eigenvalue weighted by molar-refractivity contribution is 8.16. The summed E-state index contributed by atoms with van der Waals surface area (Å²) in [5.74, 6) is 2.85. The van der Waals surface area contributed by atoms with E-state index in [4.69, 9.17) is 11.0 Å². The lowest BCUT2D eigenvalue weighted by molar-refractivity contribution is -0.0493. The summed E-state index contributed by atoms with van der Waals surface area (Å²) in [4.78, 5) is 0. The maximum Gasteiger partial charge on any atom is 0.209 e. The van der Waals surface area contributed by atoms with Crippen molar-refractivity contribution in [3.8, 4) is 0 Å². The predicted octanol–water partition coefficient (Wildman–Crippen LogP) is 12.4. The number of hydrogen-bond acceptors (Lipinski definition) is 8. The molecule has 8 aliphatic rings. The van der Waals surface area contributed by atoms with Crippen LogP contribution in [0, 0.1) is 57.2 Å². The first-order valence-corrected chi connectivity index (χ1v) is 27.9. The number of aliphatic hydroxyl groups excluding tert-OH is 2. The van der Waals surface area contributed by atoms with Crippen molar-refractivity contribution in [2.75, 3.05) is 0 Å². The van der Waals surface area contributed by atoms with Crippen molar-refractivity contribution in [2.24, 2.45) is 57.2 Å². The largest absolute Gasteiger partial charge is 0.393 e. The summed E-state index contributed by atoms with van der Waals surface area (Å²) in [5, 5.41) is 42.9. The molecule has 14 atom stereocenters. The van der Waals surface area contributed by atoms with Crippen LogP contribution in [0.2, 0.25) is 0 Å². The van der Waals surface area contributed by atoms with E-state index >= 15 is 0 Å². The monoisotopic (exact) mass is 947 g/mol. The van der Waals surface area contributed by atoms with Gasteiger partial charge in [0, 0.05) is 23.7 Å². The maximum atomic E-state index is 11.0. The normalized spacial score (nSPS) is 39.4. The lowest BCUT2D eigenvalue weighted by Crippen LogP contribution is -2.52. The fourth-order valence-corrected chi connectivity index (χ4v) is 16.4. The molecule has 4 fully saturated rings. The molecule has 10 heteroatoms. The fourth-order valence-electron chi connectivity index (χ4n) is 15.7. The van der Waals surface area contributed by atoms with E-state index in [1.807, 2.05) is 0 Å². The van der Waals surface area contributed by atoms with Gasteiger partial charge < -0.3 is 28.8 Å². The fraction of sp³-hybridized carbons (Fsp3) is 0.786. The van der Waals surface area contributed by atoms with Crippen LogP contribution in [0.5, 0.6) is 0 Å². The molecule has 4 unspecified atom stereocenters. The van der Waals surface area contributed by atoms with E-state index in [9.17, 15) is 20.4 Å². The average Bonchev–Trinajstić information content (AvgIpc) is 3.88. The summed E-state index contributed by atoms with van der Waals surface area (Å²) in [7, 11) is 2.51. The standard InChI is InChI=1S/C28H44B2O3S2.C28H44O3/c1-6-28(31,7-2)15-12-18(3)22-10-11-23-21-9-8-19-16-20(32-34-29)17-25(33-35-30)27(19,5)24(21)13-14-26(22,23)4;1-6-28(31,7-2)15-12-18(3)22-10-11-23-21-9-8-19-16-20(29)17-25(30)27(19,5)24(21)13-14-26(22,23)4/h8-10,18,20,23-25,29-31H,6-7,11-17H2,1-5H3;8-10,18,20,23-25,29-31H,6-7,11-17H2,1-5H3/t2*18-,20+,23?,24?,25-,26+,27-/m00/s1/i29T,30T;. The van der Waals surface area contributed by atoms with Crippen LogP contribution in [-0.2, 0) is 8.37 Å². The van der Waals surface area contributed by atoms with Crippen LogP contribution in [0.15, 0.2) is 69.9 Å². The molecule has 0 bridgehead atoms. The van der Waals surface area contributed by atoms with Gasteiger partial charge in [0.15, 0.2) is 0 Å². The molecule has 4 N–H and O–H groups in total. The van der Waals surface area contributed by atoms with Crippen molar-refractivity contribution >= 4 is 38.0 Å². The first kappa shape index (κ1) is 50.0. The Hall–Kier alpha value is -0.970. The predicted molar refractivity (Wildman–Crippen MR) is 280 cm³/mol. The molecule has 4 saturated carbocycles. The Balaban J connectivity index is 0.000000204. The molecule has 0 aromatic carbocycles. The molecule has 0 saturated heterocycles. The molecule has 0 aliphatic heterocycles. The second-order valence-corrected chi connectivity index (χ2v) is 24.3. The Bertz CT molecular complexity index is 1980. The second kappa shape index (κ2) is 20.6. The zero-order valence-corrected chi connectivity index (χ0v) is 44.2. The highest BCUT2D eigenvalue weighted by Crippen LogP contribution is 2.67. The van der Waals surface area contributed by atoms with Gasteiger partial charge in [0.1, 0.15) is 0 Å². The first-order chi connectivity index (χ1) is 32.2. The van der Waals surface area contributed by atoms with E-state index < -0.39 is 23.4 Å². The molecule has 8 aliphatic carbocycles. The molecule has 8 rings (SSSR count). The molecule has 0 aromatic rings. The van der Waals surface area contributed by atoms with Gasteiger partial charge in [-0.15, -0.1) is 0 Å². The van der Waals surface area contributed by atoms with Crippen molar-refractivity contribution in [2.45, 2.75) is 220 Å². The Labute approximate surface area is 415 Å². The Morgan fingerprint density at radius 3 is 1.64 bits per heavy atom. The van der Waals surface area contributed by atoms with E-state index in [2.05, 4.69) is 106 Å². The number of aliphatic hydroxyl groups is 4. The lowest BCUT2D eigenvalue weighted by atomic mass is 9.49. The molecule has 366 valence electrons. The van der Waals surface area contributed by atoms with E-state index in [1.165, 1.54) is 43.7 Å². The van der Waals surface area contributed by atoms with E-state index in [-0.39, 0.29) is 33.9 Å². The van der Waals surface area contributed by atoms with Crippen molar-refractivity contribution in [3.05, 3.63) is 69.9 Å². The van der Waals surface area contributed by atoms with Gasteiger partial charge in [0.2, 0.25) is 14.2 Å². The van der Waals surface area contributed by atoms with Crippen LogP contribution in [0.4, 0.5) is 0 Å². The molecular weight excluding hydrogens is 854 g/mol. The van der Waals surface area contributed by atoms with Crippen LogP contribution >= 0.6 is 23.8 Å².